The first-order chi connectivity index (χ1) is 6.68. The molecule has 2 aliphatic rings. The van der Waals surface area contributed by atoms with Crippen molar-refractivity contribution in [2.24, 2.45) is 0 Å². The van der Waals surface area contributed by atoms with Gasteiger partial charge in [0, 0.05) is 19.2 Å². The van der Waals surface area contributed by atoms with E-state index in [1.807, 2.05) is 17.1 Å². The maximum absolute atomic E-state index is 11.4. The van der Waals surface area contributed by atoms with Gasteiger partial charge in [-0.1, -0.05) is 22.0 Å². The number of allylic oxidation sites excluding steroid dienone is 3. The lowest BCUT2D eigenvalue weighted by atomic mass is 9.93. The van der Waals surface area contributed by atoms with Crippen molar-refractivity contribution in [1.82, 2.24) is 4.90 Å². The summed E-state index contributed by atoms with van der Waals surface area (Å²) in [6, 6.07) is 0. The summed E-state index contributed by atoms with van der Waals surface area (Å²) in [5, 5.41) is 0. The summed E-state index contributed by atoms with van der Waals surface area (Å²) in [7, 11) is 0. The van der Waals surface area contributed by atoms with Crippen LogP contribution in [0.5, 0.6) is 0 Å². The largest absolute Gasteiger partial charge is 0.313 e. The van der Waals surface area contributed by atoms with E-state index >= 15 is 0 Å². The number of nitrogens with zero attached hydrogens (tertiary/aromatic N) is 1. The summed E-state index contributed by atoms with van der Waals surface area (Å²) in [4.78, 5) is 14.5. The maximum Gasteiger partial charge on any atom is 0.223 e. The van der Waals surface area contributed by atoms with E-state index in [1.165, 1.54) is 10.4 Å². The third-order valence-electron chi connectivity index (χ3n) is 2.70. The van der Waals surface area contributed by atoms with Crippen molar-refractivity contribution in [3.05, 3.63) is 28.2 Å². The number of hydrogen-bond acceptors (Lipinski definition) is 1. The molecule has 0 bridgehead atoms. The first-order valence-corrected chi connectivity index (χ1v) is 5.67. The van der Waals surface area contributed by atoms with Crippen molar-refractivity contribution >= 4 is 21.8 Å². The molecule has 0 aromatic heterocycles. The normalized spacial score (nSPS) is 22.6. The highest BCUT2D eigenvalue weighted by Crippen LogP contribution is 2.35. The Hall–Kier alpha value is -0.570. The van der Waals surface area contributed by atoms with Crippen LogP contribution in [0.4, 0.5) is 0 Å². The second kappa shape index (κ2) is 3.89. The van der Waals surface area contributed by atoms with E-state index in [0.717, 1.165) is 31.5 Å². The molecule has 0 atom stereocenters. The summed E-state index contributed by atoms with van der Waals surface area (Å²) in [6.45, 7) is 2.51. The number of carbonyl (C=O) groups is 1. The van der Waals surface area contributed by atoms with Gasteiger partial charge in [-0.05, 0) is 30.9 Å². The van der Waals surface area contributed by atoms with E-state index in [-0.39, 0.29) is 5.91 Å². The van der Waals surface area contributed by atoms with Crippen LogP contribution in [0.2, 0.25) is 0 Å². The molecule has 2 nitrogen and oxygen atoms in total. The molecule has 1 heterocycles. The van der Waals surface area contributed by atoms with Gasteiger partial charge in [-0.3, -0.25) is 4.79 Å². The monoisotopic (exact) mass is 254 g/mol. The molecule has 1 amide bonds. The van der Waals surface area contributed by atoms with Gasteiger partial charge in [0.1, 0.15) is 0 Å². The first-order valence-electron chi connectivity index (χ1n) is 4.88. The van der Waals surface area contributed by atoms with Crippen LogP contribution in [0.3, 0.4) is 0 Å². The second-order valence-electron chi connectivity index (χ2n) is 3.72. The van der Waals surface area contributed by atoms with Gasteiger partial charge < -0.3 is 4.90 Å². The molecule has 0 unspecified atom stereocenters. The summed E-state index contributed by atoms with van der Waals surface area (Å²) in [6.07, 6.45) is 7.27. The zero-order valence-corrected chi connectivity index (χ0v) is 9.80. The molecule has 75 valence electrons. The Bertz CT molecular complexity index is 319. The van der Waals surface area contributed by atoms with Crippen LogP contribution in [0.25, 0.3) is 0 Å². The van der Waals surface area contributed by atoms with Crippen molar-refractivity contribution in [2.75, 3.05) is 6.54 Å². The molecule has 0 aromatic rings. The molecular formula is C11H13BrNO. The Morgan fingerprint density at radius 3 is 3.00 bits per heavy atom. The quantitative estimate of drug-likeness (QED) is 0.651. The minimum Gasteiger partial charge on any atom is -0.313 e. The first kappa shape index (κ1) is 9.97. The number of halogens is 1. The fourth-order valence-electron chi connectivity index (χ4n) is 2.04. The van der Waals surface area contributed by atoms with Gasteiger partial charge in [-0.2, -0.15) is 0 Å². The van der Waals surface area contributed by atoms with E-state index in [9.17, 15) is 4.79 Å². The van der Waals surface area contributed by atoms with Crippen LogP contribution in [0.1, 0.15) is 26.2 Å². The molecule has 0 aromatic carbocycles. The van der Waals surface area contributed by atoms with E-state index in [2.05, 4.69) is 15.9 Å². The Kier molecular flexibility index (Phi) is 2.77. The van der Waals surface area contributed by atoms with Gasteiger partial charge in [-0.25, -0.2) is 0 Å². The highest BCUT2D eigenvalue weighted by Gasteiger charge is 2.24. The molecule has 1 radical (unpaired) electrons. The van der Waals surface area contributed by atoms with Crippen LogP contribution in [0, 0.1) is 4.83 Å². The molecular weight excluding hydrogens is 242 g/mol. The molecule has 2 rings (SSSR count). The molecule has 3 heteroatoms. The fourth-order valence-corrected chi connectivity index (χ4v) is 2.51. The Balaban J connectivity index is 2.29. The third-order valence-corrected chi connectivity index (χ3v) is 3.24. The van der Waals surface area contributed by atoms with Gasteiger partial charge in [0.15, 0.2) is 0 Å². The molecule has 0 spiro atoms. The van der Waals surface area contributed by atoms with E-state index < -0.39 is 0 Å². The van der Waals surface area contributed by atoms with Crippen molar-refractivity contribution < 1.29 is 4.79 Å². The highest BCUT2D eigenvalue weighted by molar-refractivity contribution is 9.11. The summed E-state index contributed by atoms with van der Waals surface area (Å²) in [5.41, 5.74) is 2.52. The number of hydrogen-bond donors (Lipinski definition) is 0. The summed E-state index contributed by atoms with van der Waals surface area (Å²) in [5.74, 6) is 0.153. The lowest BCUT2D eigenvalue weighted by Crippen LogP contribution is -2.33. The van der Waals surface area contributed by atoms with Gasteiger partial charge >= 0.3 is 0 Å². The topological polar surface area (TPSA) is 20.3 Å². The van der Waals surface area contributed by atoms with Crippen molar-refractivity contribution in [1.29, 1.82) is 0 Å². The van der Waals surface area contributed by atoms with E-state index in [0.29, 0.717) is 0 Å². The number of rotatable bonds is 0. The standard InChI is InChI=1S/C11H13BrNO/c1-8(14)13-6-2-3-9-7-10(12)4-5-11(9)13/h4-5H,2-3,6-7H2,1H3. The average Bonchev–Trinajstić information content (AvgIpc) is 2.16. The lowest BCUT2D eigenvalue weighted by molar-refractivity contribution is -0.127. The highest BCUT2D eigenvalue weighted by atomic mass is 79.9. The molecule has 0 saturated carbocycles. The molecule has 14 heavy (non-hydrogen) atoms. The van der Waals surface area contributed by atoms with Crippen LogP contribution in [-0.2, 0) is 4.79 Å². The minimum absolute atomic E-state index is 0.153. The van der Waals surface area contributed by atoms with Crippen LogP contribution >= 0.6 is 15.9 Å². The Labute approximate surface area is 92.8 Å². The van der Waals surface area contributed by atoms with Gasteiger partial charge in [-0.15, -0.1) is 0 Å². The van der Waals surface area contributed by atoms with Crippen LogP contribution < -0.4 is 0 Å². The van der Waals surface area contributed by atoms with Crippen molar-refractivity contribution in [3.8, 4) is 0 Å². The molecule has 0 saturated heterocycles. The predicted octanol–water partition coefficient (Wildman–Crippen LogP) is 2.77. The van der Waals surface area contributed by atoms with Crippen molar-refractivity contribution in [3.63, 3.8) is 0 Å². The van der Waals surface area contributed by atoms with Gasteiger partial charge in [0.25, 0.3) is 0 Å². The van der Waals surface area contributed by atoms with Gasteiger partial charge in [0.05, 0.1) is 4.83 Å². The van der Waals surface area contributed by atoms with Crippen LogP contribution in [0.15, 0.2) is 23.4 Å². The minimum atomic E-state index is 0.153. The Morgan fingerprint density at radius 1 is 1.50 bits per heavy atom. The zero-order valence-electron chi connectivity index (χ0n) is 8.22. The molecule has 1 aliphatic carbocycles. The third kappa shape index (κ3) is 1.78. The molecule has 0 fully saturated rings. The lowest BCUT2D eigenvalue weighted by Gasteiger charge is -2.32. The number of amides is 1. The maximum atomic E-state index is 11.4. The molecule has 0 N–H and O–H groups in total. The average molecular weight is 255 g/mol. The van der Waals surface area contributed by atoms with Gasteiger partial charge in [0.2, 0.25) is 5.91 Å². The summed E-state index contributed by atoms with van der Waals surface area (Å²) < 4.78 is 0. The molecule has 1 aliphatic heterocycles. The van der Waals surface area contributed by atoms with Crippen molar-refractivity contribution in [2.45, 2.75) is 26.2 Å². The summed E-state index contributed by atoms with van der Waals surface area (Å²) >= 11 is 3.50. The number of carbonyl (C=O) groups excluding carboxylic acids is 1. The fraction of sp³-hybridized carbons (Fsp3) is 0.455. The SMILES string of the molecule is CC(=O)N1CCCC2=C1C=C[C](Br)C2. The Morgan fingerprint density at radius 2 is 2.29 bits per heavy atom. The zero-order chi connectivity index (χ0) is 10.1. The predicted molar refractivity (Wildman–Crippen MR) is 59.6 cm³/mol. The van der Waals surface area contributed by atoms with E-state index in [4.69, 9.17) is 0 Å². The van der Waals surface area contributed by atoms with E-state index in [1.54, 1.807) is 6.92 Å². The van der Waals surface area contributed by atoms with Crippen LogP contribution in [-0.4, -0.2) is 17.4 Å². The second-order valence-corrected chi connectivity index (χ2v) is 4.74. The smallest absolute Gasteiger partial charge is 0.223 e.